The first-order valence-electron chi connectivity index (χ1n) is 16.4. The number of allylic oxidation sites excluding steroid dienone is 2. The smallest absolute Gasteiger partial charge is 0.312 e. The molecule has 0 saturated heterocycles. The molecule has 3 heterocycles. The molecule has 2 aromatic carbocycles. The third kappa shape index (κ3) is 7.03. The lowest BCUT2D eigenvalue weighted by Crippen LogP contribution is -2.46. The van der Waals surface area contributed by atoms with E-state index in [4.69, 9.17) is 18.9 Å². The Bertz CT molecular complexity index is 1760. The number of hydrogen-bond donors (Lipinski definition) is 6. The van der Waals surface area contributed by atoms with Crippen LogP contribution in [0.5, 0.6) is 23.0 Å². The topological polar surface area (TPSA) is 201 Å². The molecule has 50 heavy (non-hydrogen) atoms. The van der Waals surface area contributed by atoms with Crippen molar-refractivity contribution >= 4 is 34.1 Å². The van der Waals surface area contributed by atoms with E-state index in [1.54, 1.807) is 39.8 Å². The number of nitrogens with one attached hydrogen (secondary N) is 1. The molecule has 3 aliphatic rings. The highest BCUT2D eigenvalue weighted by Crippen LogP contribution is 2.53. The summed E-state index contributed by atoms with van der Waals surface area (Å²) in [7, 11) is 1.43. The van der Waals surface area contributed by atoms with Crippen molar-refractivity contribution in [1.29, 1.82) is 0 Å². The Morgan fingerprint density at radius 3 is 2.22 bits per heavy atom. The molecule has 5 bridgehead atoms. The number of aliphatic hydroxyl groups is 2. The van der Waals surface area contributed by atoms with E-state index in [0.717, 1.165) is 6.07 Å². The minimum atomic E-state index is -1.98. The van der Waals surface area contributed by atoms with Gasteiger partial charge < -0.3 is 49.8 Å². The summed E-state index contributed by atoms with van der Waals surface area (Å²) in [6.45, 7) is 12.5. The van der Waals surface area contributed by atoms with Crippen LogP contribution in [0.4, 0.5) is 5.69 Å². The van der Waals surface area contributed by atoms with Gasteiger partial charge in [-0.3, -0.25) is 14.4 Å². The highest BCUT2D eigenvalue weighted by molar-refractivity contribution is 6.21. The number of Topliss-reactive ketones (excluding diaryl/α,β-unsaturated/α-hetero) is 1. The molecule has 1 amide bonds. The number of amides is 1. The van der Waals surface area contributed by atoms with Crippen LogP contribution in [0, 0.1) is 30.6 Å². The van der Waals surface area contributed by atoms with Gasteiger partial charge in [-0.2, -0.15) is 0 Å². The number of phenols is 3. The van der Waals surface area contributed by atoms with E-state index in [1.165, 1.54) is 53.2 Å². The van der Waals surface area contributed by atoms with Gasteiger partial charge in [0.2, 0.25) is 0 Å². The molecule has 0 fully saturated rings. The zero-order valence-electron chi connectivity index (χ0n) is 29.7. The first-order valence-corrected chi connectivity index (χ1v) is 16.4. The maximum absolute atomic E-state index is 13.9. The summed E-state index contributed by atoms with van der Waals surface area (Å²) in [6, 6.07) is 1.06. The second-order valence-corrected chi connectivity index (χ2v) is 13.4. The molecule has 0 aliphatic carbocycles. The standard InChI is InChI=1S/C37H47NO12/c1-16-11-10-12-17(2)36(46)38-23-15-24(40)26-27(32(23)44)31(43)21(6)34-28(26)35(45)37(8,50-34)48-14-13-25(47-9)18(3)33(49-22(7)39)20(5)30(42)19(4)29(16)41/h10-16,18-20,25,29-30,33,40-44H,1-9H3,(H,38,46)/b11-10+,14-13-,17-12+. The second kappa shape index (κ2) is 14.7. The molecule has 6 N–H and O–H groups in total. The predicted molar refractivity (Wildman–Crippen MR) is 184 cm³/mol. The number of rotatable bonds is 2. The van der Waals surface area contributed by atoms with E-state index in [0.29, 0.717) is 0 Å². The molecule has 0 aromatic heterocycles. The van der Waals surface area contributed by atoms with Crippen molar-refractivity contribution < 1.29 is 58.9 Å². The van der Waals surface area contributed by atoms with Gasteiger partial charge in [0.05, 0.1) is 41.2 Å². The number of fused-ring (bicyclic) bond motifs is 14. The number of aliphatic hydroxyl groups excluding tert-OH is 2. The summed E-state index contributed by atoms with van der Waals surface area (Å²) < 4.78 is 23.2. The van der Waals surface area contributed by atoms with Gasteiger partial charge in [-0.05, 0) is 19.9 Å². The van der Waals surface area contributed by atoms with Crippen LogP contribution in [0.1, 0.15) is 64.4 Å². The number of ketones is 1. The van der Waals surface area contributed by atoms with Crippen LogP contribution >= 0.6 is 0 Å². The van der Waals surface area contributed by atoms with E-state index < -0.39 is 88.8 Å². The zero-order valence-corrected chi connectivity index (χ0v) is 29.7. The van der Waals surface area contributed by atoms with Gasteiger partial charge in [0.15, 0.2) is 5.75 Å². The third-order valence-corrected chi connectivity index (χ3v) is 9.84. The van der Waals surface area contributed by atoms with Gasteiger partial charge in [0, 0.05) is 67.2 Å². The van der Waals surface area contributed by atoms with Gasteiger partial charge in [-0.25, -0.2) is 0 Å². The molecule has 9 unspecified atom stereocenters. The van der Waals surface area contributed by atoms with Gasteiger partial charge in [-0.15, -0.1) is 0 Å². The lowest BCUT2D eigenvalue weighted by atomic mass is 9.78. The molecule has 272 valence electrons. The summed E-state index contributed by atoms with van der Waals surface area (Å²) in [5.41, 5.74) is -0.0929. The molecular weight excluding hydrogens is 650 g/mol. The first kappa shape index (κ1) is 38.2. The van der Waals surface area contributed by atoms with E-state index in [-0.39, 0.29) is 38.9 Å². The summed E-state index contributed by atoms with van der Waals surface area (Å²) in [4.78, 5) is 39.2. The number of benzene rings is 2. The summed E-state index contributed by atoms with van der Waals surface area (Å²) in [5.74, 6) is -7.99. The monoisotopic (exact) mass is 697 g/mol. The number of carbonyl (C=O) groups is 3. The van der Waals surface area contributed by atoms with Gasteiger partial charge in [0.25, 0.3) is 11.7 Å². The average molecular weight is 698 g/mol. The highest BCUT2D eigenvalue weighted by Gasteiger charge is 2.49. The number of aromatic hydroxyl groups is 3. The van der Waals surface area contributed by atoms with Crippen molar-refractivity contribution in [2.45, 2.75) is 85.6 Å². The highest BCUT2D eigenvalue weighted by atomic mass is 16.7. The number of methoxy groups -OCH3 is 1. The Kier molecular flexibility index (Phi) is 11.2. The van der Waals surface area contributed by atoms with Gasteiger partial charge in [0.1, 0.15) is 23.4 Å². The lowest BCUT2D eigenvalue weighted by molar-refractivity contribution is -0.160. The molecule has 2 aromatic rings. The number of ether oxygens (including phenoxy) is 4. The summed E-state index contributed by atoms with van der Waals surface area (Å²) in [5, 5.41) is 58.2. The van der Waals surface area contributed by atoms with Crippen LogP contribution in [0.3, 0.4) is 0 Å². The fraction of sp³-hybridized carbons (Fsp3) is 0.486. The molecule has 0 radical (unpaired) electrons. The number of carbonyl (C=O) groups excluding carboxylic acids is 3. The number of esters is 1. The molecule has 5 rings (SSSR count). The molecule has 13 nitrogen and oxygen atoms in total. The quantitative estimate of drug-likeness (QED) is 0.143. The first-order chi connectivity index (χ1) is 23.4. The molecular formula is C37H47NO12. The SMILES string of the molecule is COC1/C=C\OC2(C)Oc3c(C)c(O)c4c(O)c(cc(O)c4c3C2=O)NC(=O)/C(C)=C/C=C/C(C)C(O)C(C)C(O)C(C)C(OC(C)=O)C1C. The average Bonchev–Trinajstić information content (AvgIpc) is 3.33. The van der Waals surface area contributed by atoms with Crippen molar-refractivity contribution in [1.82, 2.24) is 0 Å². The second-order valence-electron chi connectivity index (χ2n) is 13.4. The van der Waals surface area contributed by atoms with Crippen LogP contribution in [0.25, 0.3) is 10.8 Å². The fourth-order valence-electron chi connectivity index (χ4n) is 6.65. The van der Waals surface area contributed by atoms with Crippen molar-refractivity contribution in [3.05, 3.63) is 53.3 Å². The van der Waals surface area contributed by atoms with Crippen molar-refractivity contribution in [3.8, 4) is 23.0 Å². The molecule has 13 heteroatoms. The lowest BCUT2D eigenvalue weighted by Gasteiger charge is -2.38. The van der Waals surface area contributed by atoms with Crippen LogP contribution in [0.15, 0.2) is 42.2 Å². The van der Waals surface area contributed by atoms with Gasteiger partial charge in [-0.1, -0.05) is 45.9 Å². The third-order valence-electron chi connectivity index (χ3n) is 9.84. The zero-order chi connectivity index (χ0) is 37.4. The Morgan fingerprint density at radius 2 is 1.60 bits per heavy atom. The minimum Gasteiger partial charge on any atom is -0.507 e. The minimum absolute atomic E-state index is 0.0709. The van der Waals surface area contributed by atoms with E-state index in [9.17, 15) is 39.9 Å². The van der Waals surface area contributed by atoms with E-state index >= 15 is 0 Å². The molecule has 9 atom stereocenters. The summed E-state index contributed by atoms with van der Waals surface area (Å²) in [6.07, 6.45) is 3.62. The number of hydrogen-bond acceptors (Lipinski definition) is 12. The van der Waals surface area contributed by atoms with Crippen LogP contribution in [-0.2, 0) is 23.8 Å². The van der Waals surface area contributed by atoms with Crippen LogP contribution in [0.2, 0.25) is 0 Å². The fourth-order valence-corrected chi connectivity index (χ4v) is 6.65. The normalized spacial score (nSPS) is 33.2. The summed E-state index contributed by atoms with van der Waals surface area (Å²) >= 11 is 0. The Morgan fingerprint density at radius 1 is 0.940 bits per heavy atom. The molecule has 3 aliphatic heterocycles. The van der Waals surface area contributed by atoms with E-state index in [1.807, 2.05) is 0 Å². The largest absolute Gasteiger partial charge is 0.507 e. The maximum atomic E-state index is 13.9. The predicted octanol–water partition coefficient (Wildman–Crippen LogP) is 4.75. The van der Waals surface area contributed by atoms with Crippen LogP contribution in [-0.4, -0.2) is 80.5 Å². The Balaban J connectivity index is 1.87. The van der Waals surface area contributed by atoms with Crippen molar-refractivity contribution in [3.63, 3.8) is 0 Å². The number of phenolic OH excluding ortho intramolecular Hbond substituents is 3. The Labute approximate surface area is 290 Å². The van der Waals surface area contributed by atoms with Crippen molar-refractivity contribution in [2.24, 2.45) is 23.7 Å². The van der Waals surface area contributed by atoms with E-state index in [2.05, 4.69) is 5.32 Å². The molecule has 0 saturated carbocycles. The van der Waals surface area contributed by atoms with Crippen LogP contribution < -0.4 is 10.1 Å². The van der Waals surface area contributed by atoms with Gasteiger partial charge >= 0.3 is 11.8 Å². The molecule has 0 spiro atoms. The maximum Gasteiger partial charge on any atom is 0.312 e. The Hall–Kier alpha value is -4.59. The van der Waals surface area contributed by atoms with Crippen molar-refractivity contribution in [2.75, 3.05) is 12.4 Å². The number of anilines is 1.